The van der Waals surface area contributed by atoms with E-state index in [9.17, 15) is 0 Å². The normalized spacial score (nSPS) is 19.4. The molecule has 2 unspecified atom stereocenters. The number of hydrogen-bond acceptors (Lipinski definition) is 4. The van der Waals surface area contributed by atoms with E-state index in [0.717, 1.165) is 40.2 Å². The highest BCUT2D eigenvalue weighted by Gasteiger charge is 2.42. The Bertz CT molecular complexity index is 1130. The van der Waals surface area contributed by atoms with E-state index in [2.05, 4.69) is 34.6 Å². The first-order chi connectivity index (χ1) is 12.5. The summed E-state index contributed by atoms with van der Waals surface area (Å²) in [4.78, 5) is 4.84. The summed E-state index contributed by atoms with van der Waals surface area (Å²) in [6.07, 6.45) is 5.21. The third-order valence-electron chi connectivity index (χ3n) is 5.35. The molecular weight excluding hydrogens is 326 g/mol. The van der Waals surface area contributed by atoms with Gasteiger partial charge in [-0.3, -0.25) is 14.0 Å². The second kappa shape index (κ2) is 5.27. The molecule has 132 valence electrons. The number of rotatable bonds is 3. The van der Waals surface area contributed by atoms with Crippen molar-refractivity contribution in [3.63, 3.8) is 0 Å². The monoisotopic (exact) mass is 347 g/mol. The van der Waals surface area contributed by atoms with Gasteiger partial charge in [0.1, 0.15) is 5.52 Å². The van der Waals surface area contributed by atoms with Gasteiger partial charge in [-0.25, -0.2) is 4.98 Å². The number of hydrogen-bond donors (Lipinski definition) is 0. The van der Waals surface area contributed by atoms with Crippen LogP contribution in [0.5, 0.6) is 0 Å². The van der Waals surface area contributed by atoms with Crippen LogP contribution in [0.3, 0.4) is 0 Å². The van der Waals surface area contributed by atoms with Crippen molar-refractivity contribution in [2.45, 2.75) is 25.2 Å². The zero-order valence-corrected chi connectivity index (χ0v) is 15.4. The minimum Gasteiger partial charge on any atom is -0.276 e. The number of nitrogens with zero attached hydrogens (tertiary/aromatic N) is 7. The van der Waals surface area contributed by atoms with Gasteiger partial charge in [-0.2, -0.15) is 15.3 Å². The van der Waals surface area contributed by atoms with Crippen molar-refractivity contribution in [1.82, 2.24) is 34.3 Å². The summed E-state index contributed by atoms with van der Waals surface area (Å²) in [5.41, 5.74) is 7.37. The van der Waals surface area contributed by atoms with Crippen molar-refractivity contribution in [1.29, 1.82) is 0 Å². The van der Waals surface area contributed by atoms with E-state index in [1.807, 2.05) is 48.3 Å². The van der Waals surface area contributed by atoms with E-state index in [1.54, 1.807) is 0 Å². The fraction of sp³-hybridized carbons (Fsp3) is 0.368. The zero-order valence-electron chi connectivity index (χ0n) is 15.4. The SMILES string of the molecule is Cc1nn(C)c2ccc(-c3cc(C4CC4c4cnn(C)c4)nn3C)nc12. The highest BCUT2D eigenvalue weighted by molar-refractivity contribution is 5.80. The molecule has 1 aliphatic rings. The maximum Gasteiger partial charge on any atom is 0.112 e. The van der Waals surface area contributed by atoms with Crippen LogP contribution in [0.25, 0.3) is 22.4 Å². The molecule has 4 heterocycles. The summed E-state index contributed by atoms with van der Waals surface area (Å²) < 4.78 is 5.68. The van der Waals surface area contributed by atoms with E-state index in [0.29, 0.717) is 11.8 Å². The molecule has 0 radical (unpaired) electrons. The fourth-order valence-corrected chi connectivity index (χ4v) is 3.88. The van der Waals surface area contributed by atoms with Crippen LogP contribution in [0.2, 0.25) is 0 Å². The van der Waals surface area contributed by atoms with Gasteiger partial charge in [-0.05, 0) is 43.0 Å². The minimum absolute atomic E-state index is 0.475. The van der Waals surface area contributed by atoms with Crippen LogP contribution < -0.4 is 0 Å². The van der Waals surface area contributed by atoms with Gasteiger partial charge in [-0.15, -0.1) is 0 Å². The van der Waals surface area contributed by atoms with Gasteiger partial charge >= 0.3 is 0 Å². The average Bonchev–Trinajstić information content (AvgIpc) is 3.00. The van der Waals surface area contributed by atoms with Crippen molar-refractivity contribution in [3.8, 4) is 11.4 Å². The van der Waals surface area contributed by atoms with Crippen LogP contribution in [0, 0.1) is 6.92 Å². The molecule has 0 bridgehead atoms. The molecule has 4 aromatic heterocycles. The van der Waals surface area contributed by atoms with Crippen molar-refractivity contribution in [2.24, 2.45) is 21.1 Å². The van der Waals surface area contributed by atoms with Gasteiger partial charge in [0, 0.05) is 33.3 Å². The Balaban J connectivity index is 1.49. The second-order valence-corrected chi connectivity index (χ2v) is 7.25. The molecule has 5 rings (SSSR count). The molecular formula is C19H21N7. The smallest absolute Gasteiger partial charge is 0.112 e. The Hall–Kier alpha value is -2.96. The van der Waals surface area contributed by atoms with E-state index < -0.39 is 0 Å². The van der Waals surface area contributed by atoms with E-state index in [1.165, 1.54) is 5.56 Å². The quantitative estimate of drug-likeness (QED) is 0.571. The topological polar surface area (TPSA) is 66.3 Å². The first kappa shape index (κ1) is 15.3. The number of fused-ring (bicyclic) bond motifs is 1. The van der Waals surface area contributed by atoms with Gasteiger partial charge in [0.15, 0.2) is 0 Å². The molecule has 0 aromatic carbocycles. The van der Waals surface area contributed by atoms with Gasteiger partial charge in [0.05, 0.1) is 34.5 Å². The zero-order chi connectivity index (χ0) is 18.0. The number of pyridine rings is 1. The molecule has 7 heteroatoms. The Labute approximate surface area is 151 Å². The Morgan fingerprint density at radius 1 is 1.04 bits per heavy atom. The molecule has 26 heavy (non-hydrogen) atoms. The minimum atomic E-state index is 0.475. The van der Waals surface area contributed by atoms with Crippen molar-refractivity contribution >= 4 is 11.0 Å². The molecule has 2 atom stereocenters. The summed E-state index contributed by atoms with van der Waals surface area (Å²) >= 11 is 0. The largest absolute Gasteiger partial charge is 0.276 e. The summed E-state index contributed by atoms with van der Waals surface area (Å²) in [7, 11) is 5.90. The summed E-state index contributed by atoms with van der Waals surface area (Å²) in [5.74, 6) is 1.01. The molecule has 1 fully saturated rings. The first-order valence-electron chi connectivity index (χ1n) is 8.84. The van der Waals surface area contributed by atoms with Crippen LogP contribution in [0.1, 0.15) is 35.2 Å². The van der Waals surface area contributed by atoms with Crippen LogP contribution >= 0.6 is 0 Å². The molecule has 1 aliphatic carbocycles. The molecule has 7 nitrogen and oxygen atoms in total. The van der Waals surface area contributed by atoms with Crippen molar-refractivity contribution in [3.05, 3.63) is 47.5 Å². The molecule has 0 amide bonds. The number of aryl methyl sites for hydroxylation is 4. The van der Waals surface area contributed by atoms with Crippen LogP contribution in [-0.4, -0.2) is 34.3 Å². The summed E-state index contributed by atoms with van der Waals surface area (Å²) in [5, 5.41) is 13.5. The Kier molecular flexibility index (Phi) is 3.10. The predicted molar refractivity (Wildman–Crippen MR) is 98.8 cm³/mol. The Morgan fingerprint density at radius 3 is 2.65 bits per heavy atom. The lowest BCUT2D eigenvalue weighted by atomic mass is 10.1. The van der Waals surface area contributed by atoms with Gasteiger partial charge in [0.25, 0.3) is 0 Å². The van der Waals surface area contributed by atoms with E-state index in [4.69, 9.17) is 10.1 Å². The van der Waals surface area contributed by atoms with Gasteiger partial charge in [-0.1, -0.05) is 0 Å². The second-order valence-electron chi connectivity index (χ2n) is 7.25. The third kappa shape index (κ3) is 2.27. The predicted octanol–water partition coefficient (Wildman–Crippen LogP) is 2.68. The first-order valence-corrected chi connectivity index (χ1v) is 8.84. The lowest BCUT2D eigenvalue weighted by molar-refractivity contribution is 0.745. The lowest BCUT2D eigenvalue weighted by Crippen LogP contribution is -1.96. The van der Waals surface area contributed by atoms with E-state index >= 15 is 0 Å². The van der Waals surface area contributed by atoms with Crippen LogP contribution in [0.4, 0.5) is 0 Å². The number of aromatic nitrogens is 7. The molecule has 1 saturated carbocycles. The fourth-order valence-electron chi connectivity index (χ4n) is 3.88. The molecule has 0 spiro atoms. The maximum atomic E-state index is 4.84. The highest BCUT2D eigenvalue weighted by Crippen LogP contribution is 2.54. The molecule has 0 saturated heterocycles. The molecule has 0 aliphatic heterocycles. The van der Waals surface area contributed by atoms with Crippen molar-refractivity contribution in [2.75, 3.05) is 0 Å². The van der Waals surface area contributed by atoms with Crippen molar-refractivity contribution < 1.29 is 0 Å². The van der Waals surface area contributed by atoms with Crippen LogP contribution in [-0.2, 0) is 21.1 Å². The van der Waals surface area contributed by atoms with Gasteiger partial charge < -0.3 is 0 Å². The average molecular weight is 347 g/mol. The van der Waals surface area contributed by atoms with Gasteiger partial charge in [0.2, 0.25) is 0 Å². The molecule has 4 aromatic rings. The van der Waals surface area contributed by atoms with Crippen LogP contribution in [0.15, 0.2) is 30.6 Å². The summed E-state index contributed by atoms with van der Waals surface area (Å²) in [6, 6.07) is 6.32. The highest BCUT2D eigenvalue weighted by atomic mass is 15.3. The lowest BCUT2D eigenvalue weighted by Gasteiger charge is -2.01. The Morgan fingerprint density at radius 2 is 1.88 bits per heavy atom. The molecule has 0 N–H and O–H groups in total. The maximum absolute atomic E-state index is 4.84. The summed E-state index contributed by atoms with van der Waals surface area (Å²) in [6.45, 7) is 2.00. The standard InChI is InChI=1S/C19H21N7/c1-11-19-17(25(3)22-11)6-5-15(21-19)18-8-16(23-26(18)4)14-7-13(14)12-9-20-24(2)10-12/h5-6,8-10,13-14H,7H2,1-4H3. The van der Waals surface area contributed by atoms with E-state index in [-0.39, 0.29) is 0 Å². The third-order valence-corrected chi connectivity index (χ3v) is 5.35.